The number of nitrogens with one attached hydrogen (secondary N) is 1. The lowest BCUT2D eigenvalue weighted by molar-refractivity contribution is -0.137. The van der Waals surface area contributed by atoms with Gasteiger partial charge in [0.15, 0.2) is 0 Å². The first-order valence-electron chi connectivity index (χ1n) is 9.86. The van der Waals surface area contributed by atoms with Crippen molar-refractivity contribution in [1.82, 2.24) is 10.2 Å². The van der Waals surface area contributed by atoms with E-state index in [4.69, 9.17) is 0 Å². The minimum atomic E-state index is -0.326. The molecule has 0 aliphatic carbocycles. The van der Waals surface area contributed by atoms with E-state index in [1.807, 2.05) is 0 Å². The lowest BCUT2D eigenvalue weighted by atomic mass is 9.88. The van der Waals surface area contributed by atoms with Crippen molar-refractivity contribution in [1.29, 1.82) is 0 Å². The van der Waals surface area contributed by atoms with Crippen LogP contribution in [-0.2, 0) is 22.6 Å². The Bertz CT molecular complexity index is 835. The number of hydrogen-bond donors (Lipinski definition) is 1. The van der Waals surface area contributed by atoms with E-state index in [2.05, 4.69) is 36.5 Å². The maximum absolute atomic E-state index is 13.7. The number of likely N-dealkylation sites (tertiary alicyclic amines) is 1. The van der Waals surface area contributed by atoms with E-state index < -0.39 is 0 Å². The van der Waals surface area contributed by atoms with Gasteiger partial charge < -0.3 is 10.2 Å². The maximum atomic E-state index is 13.7. The summed E-state index contributed by atoms with van der Waals surface area (Å²) in [5.74, 6) is -0.764. The van der Waals surface area contributed by atoms with Gasteiger partial charge in [-0.2, -0.15) is 0 Å². The highest BCUT2D eigenvalue weighted by molar-refractivity contribution is 5.81. The number of carbonyl (C=O) groups is 2. The summed E-state index contributed by atoms with van der Waals surface area (Å²) < 4.78 is 13.7. The summed E-state index contributed by atoms with van der Waals surface area (Å²) in [5.41, 5.74) is 2.83. The van der Waals surface area contributed by atoms with Crippen LogP contribution in [0.4, 0.5) is 4.39 Å². The molecule has 1 aliphatic heterocycles. The number of aryl methyl sites for hydroxylation is 1. The standard InChI is InChI=1S/C23H27FN2O2/c1-3-17-8-10-18(11-9-17)22-13-12-20(15-26(22)16(2)27)23(28)25-14-19-6-4-5-7-21(19)24/h4-11,20,22H,3,12-15H2,1-2H3,(H,25,28)/t20-,22-/m1/s1. The van der Waals surface area contributed by atoms with Gasteiger partial charge in [0, 0.05) is 25.6 Å². The molecular formula is C23H27FN2O2. The van der Waals surface area contributed by atoms with Crippen LogP contribution >= 0.6 is 0 Å². The zero-order valence-corrected chi connectivity index (χ0v) is 16.5. The molecular weight excluding hydrogens is 355 g/mol. The Kier molecular flexibility index (Phi) is 6.45. The molecule has 28 heavy (non-hydrogen) atoms. The van der Waals surface area contributed by atoms with Crippen molar-refractivity contribution >= 4 is 11.8 Å². The van der Waals surface area contributed by atoms with Crippen LogP contribution in [0.1, 0.15) is 49.4 Å². The second-order valence-corrected chi connectivity index (χ2v) is 7.37. The quantitative estimate of drug-likeness (QED) is 0.850. The van der Waals surface area contributed by atoms with Gasteiger partial charge in [0.1, 0.15) is 5.82 Å². The summed E-state index contributed by atoms with van der Waals surface area (Å²) in [5, 5.41) is 2.82. The predicted molar refractivity (Wildman–Crippen MR) is 107 cm³/mol. The third-order valence-corrected chi connectivity index (χ3v) is 5.54. The largest absolute Gasteiger partial charge is 0.352 e. The van der Waals surface area contributed by atoms with E-state index in [-0.39, 0.29) is 36.1 Å². The van der Waals surface area contributed by atoms with Gasteiger partial charge in [-0.15, -0.1) is 0 Å². The molecule has 2 amide bonds. The number of hydrogen-bond acceptors (Lipinski definition) is 2. The Balaban J connectivity index is 1.65. The Morgan fingerprint density at radius 2 is 1.82 bits per heavy atom. The molecule has 0 spiro atoms. The van der Waals surface area contributed by atoms with Gasteiger partial charge in [0.05, 0.1) is 12.0 Å². The monoisotopic (exact) mass is 382 g/mol. The SMILES string of the molecule is CCc1ccc([C@H]2CC[C@@H](C(=O)NCc3ccccc3F)CN2C(C)=O)cc1. The molecule has 0 aromatic heterocycles. The van der Waals surface area contributed by atoms with Crippen LogP contribution in [0.5, 0.6) is 0 Å². The molecule has 2 aromatic carbocycles. The minimum absolute atomic E-state index is 0.000904. The lowest BCUT2D eigenvalue weighted by Gasteiger charge is -2.39. The first-order chi connectivity index (χ1) is 13.5. The third kappa shape index (κ3) is 4.58. The fraction of sp³-hybridized carbons (Fsp3) is 0.391. The highest BCUT2D eigenvalue weighted by Crippen LogP contribution is 2.33. The predicted octanol–water partition coefficient (Wildman–Crippen LogP) is 4.00. The van der Waals surface area contributed by atoms with E-state index in [0.717, 1.165) is 18.4 Å². The molecule has 2 aromatic rings. The molecule has 2 atom stereocenters. The smallest absolute Gasteiger partial charge is 0.225 e. The summed E-state index contributed by atoms with van der Waals surface area (Å²) in [6, 6.07) is 14.8. The normalized spacial score (nSPS) is 19.3. The van der Waals surface area contributed by atoms with E-state index in [1.165, 1.54) is 11.6 Å². The van der Waals surface area contributed by atoms with E-state index >= 15 is 0 Å². The molecule has 0 radical (unpaired) electrons. The van der Waals surface area contributed by atoms with Gasteiger partial charge >= 0.3 is 0 Å². The number of piperidine rings is 1. The van der Waals surface area contributed by atoms with Crippen LogP contribution in [0.15, 0.2) is 48.5 Å². The molecule has 0 unspecified atom stereocenters. The van der Waals surface area contributed by atoms with Gasteiger partial charge in [-0.05, 0) is 36.5 Å². The molecule has 1 fully saturated rings. The molecule has 1 saturated heterocycles. The molecule has 5 heteroatoms. The van der Waals surface area contributed by atoms with Crippen LogP contribution in [0.2, 0.25) is 0 Å². The van der Waals surface area contributed by atoms with E-state index in [0.29, 0.717) is 18.5 Å². The number of nitrogens with zero attached hydrogens (tertiary/aromatic N) is 1. The highest BCUT2D eigenvalue weighted by Gasteiger charge is 2.34. The molecule has 148 valence electrons. The Hall–Kier alpha value is -2.69. The molecule has 0 bridgehead atoms. The first kappa shape index (κ1) is 20.1. The van der Waals surface area contributed by atoms with E-state index in [1.54, 1.807) is 30.0 Å². The number of carbonyl (C=O) groups excluding carboxylic acids is 2. The number of amides is 2. The zero-order chi connectivity index (χ0) is 20.1. The van der Waals surface area contributed by atoms with Crippen molar-refractivity contribution < 1.29 is 14.0 Å². The third-order valence-electron chi connectivity index (χ3n) is 5.54. The van der Waals surface area contributed by atoms with Gasteiger partial charge in [-0.3, -0.25) is 9.59 Å². The number of rotatable bonds is 5. The summed E-state index contributed by atoms with van der Waals surface area (Å²) in [7, 11) is 0. The van der Waals surface area contributed by atoms with Crippen LogP contribution in [0.3, 0.4) is 0 Å². The van der Waals surface area contributed by atoms with Crippen molar-refractivity contribution in [2.45, 2.75) is 45.7 Å². The molecule has 0 saturated carbocycles. The van der Waals surface area contributed by atoms with Crippen molar-refractivity contribution in [3.05, 3.63) is 71.0 Å². The topological polar surface area (TPSA) is 49.4 Å². The summed E-state index contributed by atoms with van der Waals surface area (Å²) in [6.45, 7) is 4.21. The Morgan fingerprint density at radius 3 is 2.46 bits per heavy atom. The van der Waals surface area contributed by atoms with Crippen molar-refractivity contribution in [2.24, 2.45) is 5.92 Å². The minimum Gasteiger partial charge on any atom is -0.352 e. The van der Waals surface area contributed by atoms with Gasteiger partial charge in [-0.1, -0.05) is 49.4 Å². The maximum Gasteiger partial charge on any atom is 0.225 e. The van der Waals surface area contributed by atoms with Crippen LogP contribution in [0.25, 0.3) is 0 Å². The summed E-state index contributed by atoms with van der Waals surface area (Å²) >= 11 is 0. The Labute approximate surface area is 165 Å². The molecule has 4 nitrogen and oxygen atoms in total. The first-order valence-corrected chi connectivity index (χ1v) is 9.86. The number of benzene rings is 2. The number of halogens is 1. The van der Waals surface area contributed by atoms with Gasteiger partial charge in [-0.25, -0.2) is 4.39 Å². The van der Waals surface area contributed by atoms with E-state index in [9.17, 15) is 14.0 Å². The zero-order valence-electron chi connectivity index (χ0n) is 16.5. The fourth-order valence-corrected chi connectivity index (χ4v) is 3.82. The molecule has 1 aliphatic rings. The highest BCUT2D eigenvalue weighted by atomic mass is 19.1. The molecule has 3 rings (SSSR count). The van der Waals surface area contributed by atoms with Crippen LogP contribution < -0.4 is 5.32 Å². The summed E-state index contributed by atoms with van der Waals surface area (Å²) in [4.78, 5) is 26.6. The average molecular weight is 382 g/mol. The van der Waals surface area contributed by atoms with Crippen LogP contribution in [-0.4, -0.2) is 23.3 Å². The molecule has 1 heterocycles. The second kappa shape index (κ2) is 9.00. The lowest BCUT2D eigenvalue weighted by Crippen LogP contribution is -2.46. The second-order valence-electron chi connectivity index (χ2n) is 7.37. The average Bonchev–Trinajstić information content (AvgIpc) is 2.72. The molecule has 1 N–H and O–H groups in total. The fourth-order valence-electron chi connectivity index (χ4n) is 3.82. The van der Waals surface area contributed by atoms with Crippen LogP contribution in [0, 0.1) is 11.7 Å². The van der Waals surface area contributed by atoms with Gasteiger partial charge in [0.2, 0.25) is 11.8 Å². The summed E-state index contributed by atoms with van der Waals surface area (Å²) in [6.07, 6.45) is 2.42. The van der Waals surface area contributed by atoms with Crippen molar-refractivity contribution in [3.8, 4) is 0 Å². The van der Waals surface area contributed by atoms with Crippen molar-refractivity contribution in [3.63, 3.8) is 0 Å². The van der Waals surface area contributed by atoms with Crippen molar-refractivity contribution in [2.75, 3.05) is 6.54 Å². The Morgan fingerprint density at radius 1 is 1.11 bits per heavy atom. The van der Waals surface area contributed by atoms with Gasteiger partial charge in [0.25, 0.3) is 0 Å².